The first-order chi connectivity index (χ1) is 16.9. The summed E-state index contributed by atoms with van der Waals surface area (Å²) in [6.07, 6.45) is 1.77. The summed E-state index contributed by atoms with van der Waals surface area (Å²) in [5.41, 5.74) is 2.50. The van der Waals surface area contributed by atoms with Crippen LogP contribution in [0.4, 0.5) is 14.3 Å². The molecule has 184 valence electrons. The number of hydrogen-bond donors (Lipinski definition) is 0. The number of benzene rings is 2. The number of halogens is 1. The van der Waals surface area contributed by atoms with Crippen LogP contribution >= 0.6 is 11.3 Å². The highest BCUT2D eigenvalue weighted by atomic mass is 32.1. The molecule has 3 aliphatic rings. The lowest BCUT2D eigenvalue weighted by Crippen LogP contribution is -2.64. The lowest BCUT2D eigenvalue weighted by molar-refractivity contribution is -0.137. The van der Waals surface area contributed by atoms with E-state index >= 15 is 0 Å². The van der Waals surface area contributed by atoms with Gasteiger partial charge in [-0.05, 0) is 50.5 Å². The smallest absolute Gasteiger partial charge is 0.410 e. The molecule has 1 amide bonds. The summed E-state index contributed by atoms with van der Waals surface area (Å²) >= 11 is 1.50. The van der Waals surface area contributed by atoms with Crippen molar-refractivity contribution in [3.63, 3.8) is 0 Å². The van der Waals surface area contributed by atoms with Crippen LogP contribution in [0.2, 0.25) is 0 Å². The lowest BCUT2D eigenvalue weighted by Gasteiger charge is -2.58. The SMILES string of the molecule is C[C@@H]1CN(c2nc3ccc(F)cc3s2)[C@@H](C)CN1C(=O)OC1CC2(C1)CN(Cc1ccccc1)C2. The predicted molar refractivity (Wildman–Crippen MR) is 136 cm³/mol. The Hall–Kier alpha value is -2.71. The third kappa shape index (κ3) is 4.38. The maximum atomic E-state index is 13.6. The fraction of sp³-hybridized carbons (Fsp3) is 0.481. The second kappa shape index (κ2) is 8.75. The molecule has 2 aliphatic heterocycles. The van der Waals surface area contributed by atoms with Gasteiger partial charge >= 0.3 is 6.09 Å². The highest BCUT2D eigenvalue weighted by Crippen LogP contribution is 2.50. The Labute approximate surface area is 209 Å². The summed E-state index contributed by atoms with van der Waals surface area (Å²) in [6.45, 7) is 8.61. The maximum Gasteiger partial charge on any atom is 0.410 e. The van der Waals surface area contributed by atoms with Crippen molar-refractivity contribution >= 4 is 32.8 Å². The van der Waals surface area contributed by atoms with Gasteiger partial charge in [-0.3, -0.25) is 4.90 Å². The normalized spacial score (nSPS) is 24.4. The number of hydrogen-bond acceptors (Lipinski definition) is 6. The summed E-state index contributed by atoms with van der Waals surface area (Å²) in [4.78, 5) is 24.3. The largest absolute Gasteiger partial charge is 0.446 e. The molecular formula is C27H31FN4O2S. The summed E-state index contributed by atoms with van der Waals surface area (Å²) in [7, 11) is 0. The van der Waals surface area contributed by atoms with Crippen LogP contribution in [0.5, 0.6) is 0 Å². The van der Waals surface area contributed by atoms with Crippen molar-refractivity contribution < 1.29 is 13.9 Å². The Kier molecular flexibility index (Phi) is 5.68. The van der Waals surface area contributed by atoms with Gasteiger partial charge in [0.15, 0.2) is 5.13 Å². The Bertz CT molecular complexity index is 1220. The highest BCUT2D eigenvalue weighted by Gasteiger charge is 2.54. The van der Waals surface area contributed by atoms with Gasteiger partial charge in [-0.25, -0.2) is 14.2 Å². The van der Waals surface area contributed by atoms with Gasteiger partial charge in [0.1, 0.15) is 11.9 Å². The topological polar surface area (TPSA) is 48.9 Å². The van der Waals surface area contributed by atoms with Crippen molar-refractivity contribution in [3.05, 3.63) is 59.9 Å². The lowest BCUT2D eigenvalue weighted by atomic mass is 9.61. The van der Waals surface area contributed by atoms with Crippen molar-refractivity contribution in [2.75, 3.05) is 31.1 Å². The number of nitrogens with zero attached hydrogens (tertiary/aromatic N) is 4. The molecule has 0 N–H and O–H groups in total. The Morgan fingerprint density at radius 1 is 1.11 bits per heavy atom. The van der Waals surface area contributed by atoms with Crippen LogP contribution in [0, 0.1) is 11.2 Å². The number of rotatable bonds is 4. The number of amides is 1. The van der Waals surface area contributed by atoms with E-state index in [2.05, 4.69) is 54.0 Å². The molecule has 35 heavy (non-hydrogen) atoms. The van der Waals surface area contributed by atoms with Gasteiger partial charge in [0.05, 0.1) is 10.2 Å². The molecule has 0 unspecified atom stereocenters. The fourth-order valence-corrected chi connectivity index (χ4v) is 7.07. The van der Waals surface area contributed by atoms with Crippen LogP contribution in [0.15, 0.2) is 48.5 Å². The number of carbonyl (C=O) groups is 1. The summed E-state index contributed by atoms with van der Waals surface area (Å²) in [6, 6.07) is 15.4. The van der Waals surface area contributed by atoms with Gasteiger partial charge in [-0.15, -0.1) is 0 Å². The van der Waals surface area contributed by atoms with E-state index < -0.39 is 0 Å². The molecule has 0 radical (unpaired) electrons. The minimum Gasteiger partial charge on any atom is -0.446 e. The molecule has 3 aromatic rings. The molecule has 3 fully saturated rings. The van der Waals surface area contributed by atoms with Gasteiger partial charge in [0.2, 0.25) is 0 Å². The Morgan fingerprint density at radius 2 is 1.89 bits per heavy atom. The van der Waals surface area contributed by atoms with Crippen molar-refractivity contribution in [1.82, 2.24) is 14.8 Å². The van der Waals surface area contributed by atoms with Crippen molar-refractivity contribution in [2.45, 2.75) is 51.4 Å². The first kappa shape index (κ1) is 22.7. The molecule has 2 atom stereocenters. The quantitative estimate of drug-likeness (QED) is 0.503. The van der Waals surface area contributed by atoms with Gasteiger partial charge < -0.3 is 14.5 Å². The van der Waals surface area contributed by atoms with Crippen LogP contribution < -0.4 is 4.90 Å². The Balaban J connectivity index is 1.00. The van der Waals surface area contributed by atoms with Gasteiger partial charge in [-0.2, -0.15) is 0 Å². The summed E-state index contributed by atoms with van der Waals surface area (Å²) < 4.78 is 20.4. The van der Waals surface area contributed by atoms with E-state index in [0.717, 1.165) is 47.8 Å². The number of aromatic nitrogens is 1. The van der Waals surface area contributed by atoms with E-state index in [9.17, 15) is 9.18 Å². The number of thiazole rings is 1. The summed E-state index contributed by atoms with van der Waals surface area (Å²) in [5.74, 6) is -0.245. The number of carbonyl (C=O) groups excluding carboxylic acids is 1. The average molecular weight is 495 g/mol. The molecule has 1 spiro atoms. The number of piperazine rings is 1. The van der Waals surface area contributed by atoms with Gasteiger partial charge in [0, 0.05) is 50.2 Å². The molecule has 6 rings (SSSR count). The van der Waals surface area contributed by atoms with E-state index in [4.69, 9.17) is 9.72 Å². The second-order valence-electron chi connectivity index (χ2n) is 10.7. The average Bonchev–Trinajstić information content (AvgIpc) is 3.21. The monoisotopic (exact) mass is 494 g/mol. The zero-order valence-electron chi connectivity index (χ0n) is 20.2. The third-order valence-corrected chi connectivity index (χ3v) is 8.82. The van der Waals surface area contributed by atoms with Crippen LogP contribution in [-0.4, -0.2) is 65.2 Å². The number of likely N-dealkylation sites (tertiary alicyclic amines) is 1. The van der Waals surface area contributed by atoms with E-state index in [-0.39, 0.29) is 30.1 Å². The maximum absolute atomic E-state index is 13.6. The molecule has 0 bridgehead atoms. The molecule has 1 aliphatic carbocycles. The molecule has 2 saturated heterocycles. The molecule has 2 aromatic carbocycles. The molecule has 1 aromatic heterocycles. The van der Waals surface area contributed by atoms with Crippen LogP contribution in [-0.2, 0) is 11.3 Å². The predicted octanol–water partition coefficient (Wildman–Crippen LogP) is 5.14. The minimum atomic E-state index is -0.245. The minimum absolute atomic E-state index is 0.0153. The van der Waals surface area contributed by atoms with Gasteiger partial charge in [0.25, 0.3) is 0 Å². The first-order valence-corrected chi connectivity index (χ1v) is 13.3. The van der Waals surface area contributed by atoms with Crippen molar-refractivity contribution in [3.8, 4) is 0 Å². The third-order valence-electron chi connectivity index (χ3n) is 7.76. The van der Waals surface area contributed by atoms with Crippen molar-refractivity contribution in [1.29, 1.82) is 0 Å². The van der Waals surface area contributed by atoms with Crippen molar-refractivity contribution in [2.24, 2.45) is 5.41 Å². The van der Waals surface area contributed by atoms with E-state index in [1.165, 1.54) is 29.0 Å². The second-order valence-corrected chi connectivity index (χ2v) is 11.7. The molecule has 8 heteroatoms. The molecule has 6 nitrogen and oxygen atoms in total. The number of ether oxygens (including phenoxy) is 1. The Morgan fingerprint density at radius 3 is 2.66 bits per heavy atom. The van der Waals surface area contributed by atoms with E-state index in [1.54, 1.807) is 6.07 Å². The van der Waals surface area contributed by atoms with Gasteiger partial charge in [-0.1, -0.05) is 41.7 Å². The summed E-state index contributed by atoms with van der Waals surface area (Å²) in [5, 5.41) is 0.879. The molecular weight excluding hydrogens is 463 g/mol. The van der Waals surface area contributed by atoms with Crippen LogP contribution in [0.3, 0.4) is 0 Å². The van der Waals surface area contributed by atoms with E-state index in [0.29, 0.717) is 18.5 Å². The number of anilines is 1. The highest BCUT2D eigenvalue weighted by molar-refractivity contribution is 7.22. The van der Waals surface area contributed by atoms with Crippen LogP contribution in [0.25, 0.3) is 10.2 Å². The van der Waals surface area contributed by atoms with E-state index in [1.807, 2.05) is 4.90 Å². The fourth-order valence-electron chi connectivity index (χ4n) is 5.97. The standard InChI is InChI=1S/C27H31FN4O2S/c1-18-14-32(19(2)13-31(18)25-29-23-9-8-21(28)10-24(23)35-25)26(33)34-22-11-27(12-22)16-30(17-27)15-20-6-4-3-5-7-20/h3-10,18-19,22H,11-17H2,1-2H3/t18-,19+/m0/s1. The number of fused-ring (bicyclic) bond motifs is 1. The first-order valence-electron chi connectivity index (χ1n) is 12.4. The van der Waals surface area contributed by atoms with Crippen LogP contribution in [0.1, 0.15) is 32.3 Å². The molecule has 1 saturated carbocycles. The zero-order valence-corrected chi connectivity index (χ0v) is 21.0. The molecule has 3 heterocycles. The zero-order chi connectivity index (χ0) is 24.2.